The largest absolute Gasteiger partial charge is 0.457 e. The van der Waals surface area contributed by atoms with Crippen LogP contribution >= 0.6 is 23.2 Å². The van der Waals surface area contributed by atoms with Gasteiger partial charge in [0.05, 0.1) is 21.2 Å². The second kappa shape index (κ2) is 7.80. The molecular formula is C20H10Cl2N2O2. The Morgan fingerprint density at radius 3 is 1.42 bits per heavy atom. The maximum absolute atomic E-state index is 8.91. The maximum atomic E-state index is 8.91. The maximum Gasteiger partial charge on any atom is 0.131 e. The predicted molar refractivity (Wildman–Crippen MR) is 98.9 cm³/mol. The Labute approximate surface area is 160 Å². The topological polar surface area (TPSA) is 66.0 Å². The smallest absolute Gasteiger partial charge is 0.131 e. The minimum absolute atomic E-state index is 0.324. The van der Waals surface area contributed by atoms with E-state index in [0.717, 1.165) is 0 Å². The van der Waals surface area contributed by atoms with Crippen molar-refractivity contribution in [1.29, 1.82) is 10.5 Å². The lowest BCUT2D eigenvalue weighted by Gasteiger charge is -2.10. The van der Waals surface area contributed by atoms with Crippen LogP contribution in [0.4, 0.5) is 0 Å². The Balaban J connectivity index is 1.78. The van der Waals surface area contributed by atoms with Crippen LogP contribution in [0.15, 0.2) is 60.7 Å². The molecule has 0 N–H and O–H groups in total. The predicted octanol–water partition coefficient (Wildman–Crippen LogP) is 6.32. The number of halogens is 2. The quantitative estimate of drug-likeness (QED) is 0.530. The van der Waals surface area contributed by atoms with Crippen LogP contribution in [0.3, 0.4) is 0 Å². The number of rotatable bonds is 4. The van der Waals surface area contributed by atoms with E-state index in [9.17, 15) is 0 Å². The molecular weight excluding hydrogens is 371 g/mol. The van der Waals surface area contributed by atoms with Crippen molar-refractivity contribution in [2.45, 2.75) is 0 Å². The van der Waals surface area contributed by atoms with Gasteiger partial charge in [-0.3, -0.25) is 0 Å². The first kappa shape index (κ1) is 17.6. The van der Waals surface area contributed by atoms with Gasteiger partial charge in [0.1, 0.15) is 35.1 Å². The summed E-state index contributed by atoms with van der Waals surface area (Å²) in [5, 5.41) is 18.5. The van der Waals surface area contributed by atoms with Crippen molar-refractivity contribution < 1.29 is 9.47 Å². The lowest BCUT2D eigenvalue weighted by Crippen LogP contribution is -1.88. The molecule has 0 atom stereocenters. The number of nitriles is 2. The summed E-state index contributed by atoms with van der Waals surface area (Å²) < 4.78 is 11.5. The van der Waals surface area contributed by atoms with E-state index >= 15 is 0 Å². The lowest BCUT2D eigenvalue weighted by molar-refractivity contribution is 0.460. The molecule has 0 aliphatic heterocycles. The summed E-state index contributed by atoms with van der Waals surface area (Å²) in [7, 11) is 0. The van der Waals surface area contributed by atoms with Crippen LogP contribution in [0.5, 0.6) is 23.0 Å². The minimum Gasteiger partial charge on any atom is -0.457 e. The fourth-order valence-corrected chi connectivity index (χ4v) is 2.60. The van der Waals surface area contributed by atoms with E-state index in [1.54, 1.807) is 60.7 Å². The summed E-state index contributed by atoms with van der Waals surface area (Å²) in [6, 6.07) is 20.7. The summed E-state index contributed by atoms with van der Waals surface area (Å²) in [4.78, 5) is 0. The molecule has 26 heavy (non-hydrogen) atoms. The molecule has 4 nitrogen and oxygen atoms in total. The monoisotopic (exact) mass is 380 g/mol. The summed E-state index contributed by atoms with van der Waals surface area (Å²) >= 11 is 12.0. The highest BCUT2D eigenvalue weighted by atomic mass is 35.5. The number of ether oxygens (including phenoxy) is 2. The summed E-state index contributed by atoms with van der Waals surface area (Å²) in [5.41, 5.74) is 0.766. The van der Waals surface area contributed by atoms with E-state index < -0.39 is 0 Å². The number of hydrogen-bond acceptors (Lipinski definition) is 4. The second-order valence-corrected chi connectivity index (χ2v) is 6.00. The van der Waals surface area contributed by atoms with Gasteiger partial charge in [0.15, 0.2) is 0 Å². The lowest BCUT2D eigenvalue weighted by atomic mass is 10.2. The average molecular weight is 381 g/mol. The van der Waals surface area contributed by atoms with Gasteiger partial charge < -0.3 is 9.47 Å². The molecule has 3 aromatic rings. The molecule has 0 saturated carbocycles. The SMILES string of the molecule is N#Cc1ccc(Oc2cccc(Oc3ccc(C#N)c(Cl)c3)c2)cc1Cl. The minimum atomic E-state index is 0.324. The van der Waals surface area contributed by atoms with Crippen molar-refractivity contribution in [2.24, 2.45) is 0 Å². The Morgan fingerprint density at radius 1 is 0.615 bits per heavy atom. The highest BCUT2D eigenvalue weighted by Gasteiger charge is 2.06. The van der Waals surface area contributed by atoms with Crippen LogP contribution in [0.2, 0.25) is 10.0 Å². The molecule has 126 valence electrons. The third kappa shape index (κ3) is 4.07. The van der Waals surface area contributed by atoms with Gasteiger partial charge >= 0.3 is 0 Å². The number of hydrogen-bond donors (Lipinski definition) is 0. The fourth-order valence-electron chi connectivity index (χ4n) is 2.17. The number of benzene rings is 3. The van der Waals surface area contributed by atoms with Gasteiger partial charge in [0, 0.05) is 18.2 Å². The van der Waals surface area contributed by atoms with Gasteiger partial charge in [0.25, 0.3) is 0 Å². The van der Waals surface area contributed by atoms with Crippen molar-refractivity contribution in [3.8, 4) is 35.1 Å². The molecule has 3 aromatic carbocycles. The molecule has 0 spiro atoms. The van der Waals surface area contributed by atoms with Crippen LogP contribution in [0.25, 0.3) is 0 Å². The Kier molecular flexibility index (Phi) is 5.29. The zero-order valence-corrected chi connectivity index (χ0v) is 14.8. The molecule has 0 radical (unpaired) electrons. The molecule has 3 rings (SSSR count). The first-order valence-corrected chi connectivity index (χ1v) is 8.20. The molecule has 0 unspecified atom stereocenters. The number of nitrogens with zero attached hydrogens (tertiary/aromatic N) is 2. The fraction of sp³-hybridized carbons (Fsp3) is 0. The first-order chi connectivity index (χ1) is 12.6. The van der Waals surface area contributed by atoms with E-state index in [-0.39, 0.29) is 0 Å². The van der Waals surface area contributed by atoms with Crippen LogP contribution in [-0.4, -0.2) is 0 Å². The average Bonchev–Trinajstić information content (AvgIpc) is 2.62. The molecule has 6 heteroatoms. The van der Waals surface area contributed by atoms with E-state index in [4.69, 9.17) is 43.2 Å². The summed E-state index contributed by atoms with van der Waals surface area (Å²) in [6.45, 7) is 0. The van der Waals surface area contributed by atoms with Crippen molar-refractivity contribution >= 4 is 23.2 Å². The Hall–Kier alpha value is -3.18. The zero-order chi connectivity index (χ0) is 18.5. The van der Waals surface area contributed by atoms with Crippen molar-refractivity contribution in [3.05, 3.63) is 81.8 Å². The van der Waals surface area contributed by atoms with Crippen LogP contribution in [-0.2, 0) is 0 Å². The van der Waals surface area contributed by atoms with Gasteiger partial charge in [-0.2, -0.15) is 10.5 Å². The van der Waals surface area contributed by atoms with Crippen molar-refractivity contribution in [3.63, 3.8) is 0 Å². The van der Waals surface area contributed by atoms with Gasteiger partial charge in [-0.15, -0.1) is 0 Å². The van der Waals surface area contributed by atoms with Gasteiger partial charge in [-0.25, -0.2) is 0 Å². The van der Waals surface area contributed by atoms with Crippen LogP contribution in [0.1, 0.15) is 11.1 Å². The van der Waals surface area contributed by atoms with Crippen molar-refractivity contribution in [2.75, 3.05) is 0 Å². The molecule has 0 fully saturated rings. The third-order valence-electron chi connectivity index (χ3n) is 3.40. The highest BCUT2D eigenvalue weighted by Crippen LogP contribution is 2.31. The first-order valence-electron chi connectivity index (χ1n) is 7.44. The normalized spacial score (nSPS) is 9.85. The molecule has 0 saturated heterocycles. The van der Waals surface area contributed by atoms with Crippen LogP contribution in [0, 0.1) is 22.7 Å². The summed E-state index contributed by atoms with van der Waals surface area (Å²) in [5.74, 6) is 2.10. The van der Waals surface area contributed by atoms with E-state index in [1.807, 2.05) is 12.1 Å². The Bertz CT molecular complexity index is 972. The van der Waals surface area contributed by atoms with Gasteiger partial charge in [-0.05, 0) is 36.4 Å². The van der Waals surface area contributed by atoms with Crippen LogP contribution < -0.4 is 9.47 Å². The summed E-state index contributed by atoms with van der Waals surface area (Å²) in [6.07, 6.45) is 0. The second-order valence-electron chi connectivity index (χ2n) is 5.19. The van der Waals surface area contributed by atoms with E-state index in [2.05, 4.69) is 0 Å². The molecule has 0 aliphatic rings. The van der Waals surface area contributed by atoms with Gasteiger partial charge in [-0.1, -0.05) is 29.3 Å². The zero-order valence-electron chi connectivity index (χ0n) is 13.2. The molecule has 0 bridgehead atoms. The molecule has 0 aliphatic carbocycles. The van der Waals surface area contributed by atoms with Crippen molar-refractivity contribution in [1.82, 2.24) is 0 Å². The Morgan fingerprint density at radius 2 is 1.04 bits per heavy atom. The van der Waals surface area contributed by atoms with E-state index in [0.29, 0.717) is 44.2 Å². The molecule has 0 aromatic heterocycles. The standard InChI is InChI=1S/C20H10Cl2N2O2/c21-19-9-17(6-4-13(19)11-23)25-15-2-1-3-16(8-15)26-18-7-5-14(12-24)20(22)10-18/h1-10H. The highest BCUT2D eigenvalue weighted by molar-refractivity contribution is 6.32. The molecule has 0 heterocycles. The third-order valence-corrected chi connectivity index (χ3v) is 4.02. The van der Waals surface area contributed by atoms with E-state index in [1.165, 1.54) is 0 Å². The van der Waals surface area contributed by atoms with Gasteiger partial charge in [0.2, 0.25) is 0 Å². The molecule has 0 amide bonds.